The molecule has 9 nitrogen and oxygen atoms in total. The lowest BCUT2D eigenvalue weighted by Gasteiger charge is -2.17. The molecule has 3 heterocycles. The van der Waals surface area contributed by atoms with Crippen LogP contribution in [0.4, 0.5) is 20.4 Å². The second-order valence-electron chi connectivity index (χ2n) is 8.31. The smallest absolute Gasteiger partial charge is 0.227 e. The van der Waals surface area contributed by atoms with Crippen LogP contribution in [-0.2, 0) is 16.1 Å². The van der Waals surface area contributed by atoms with Crippen LogP contribution in [0.15, 0.2) is 36.8 Å². The molecular weight excluding hydrogens is 462 g/mol. The Bertz CT molecular complexity index is 1160. The van der Waals surface area contributed by atoms with Crippen LogP contribution in [-0.4, -0.2) is 47.2 Å². The predicted octanol–water partition coefficient (Wildman–Crippen LogP) is 4.32. The Labute approximate surface area is 201 Å². The van der Waals surface area contributed by atoms with Crippen LogP contribution < -0.4 is 19.5 Å². The van der Waals surface area contributed by atoms with Crippen molar-refractivity contribution in [1.82, 2.24) is 15.0 Å². The first-order valence-electron chi connectivity index (χ1n) is 10.9. The van der Waals surface area contributed by atoms with Gasteiger partial charge in [-0.3, -0.25) is 0 Å². The number of nitrogens with zero attached hydrogens (tertiary/aromatic N) is 3. The number of ether oxygens (including phenoxy) is 5. The molecule has 0 spiro atoms. The largest absolute Gasteiger partial charge is 0.494 e. The minimum atomic E-state index is -0.803. The Morgan fingerprint density at radius 1 is 1.09 bits per heavy atom. The molecule has 1 aliphatic rings. The Kier molecular flexibility index (Phi) is 7.27. The van der Waals surface area contributed by atoms with Gasteiger partial charge in [0, 0.05) is 6.07 Å². The third kappa shape index (κ3) is 6.11. The molecular formula is C24H26F2N4O5. The summed E-state index contributed by atoms with van der Waals surface area (Å²) >= 11 is 0. The number of rotatable bonds is 9. The van der Waals surface area contributed by atoms with Gasteiger partial charge >= 0.3 is 0 Å². The van der Waals surface area contributed by atoms with Gasteiger partial charge in [-0.1, -0.05) is 0 Å². The van der Waals surface area contributed by atoms with Crippen molar-refractivity contribution in [1.29, 1.82) is 0 Å². The van der Waals surface area contributed by atoms with Gasteiger partial charge in [0.15, 0.2) is 23.1 Å². The number of hydrogen-bond donors (Lipinski definition) is 1. The van der Waals surface area contributed by atoms with E-state index in [1.54, 1.807) is 18.3 Å². The van der Waals surface area contributed by atoms with E-state index >= 15 is 0 Å². The first kappa shape index (κ1) is 24.6. The molecule has 35 heavy (non-hydrogen) atoms. The molecule has 1 unspecified atom stereocenters. The van der Waals surface area contributed by atoms with Gasteiger partial charge < -0.3 is 29.0 Å². The Balaban J connectivity index is 1.30. The highest BCUT2D eigenvalue weighted by Gasteiger charge is 2.33. The summed E-state index contributed by atoms with van der Waals surface area (Å²) in [6, 6.07) is 4.77. The molecule has 2 aromatic heterocycles. The van der Waals surface area contributed by atoms with Crippen molar-refractivity contribution >= 4 is 11.6 Å². The average molecular weight is 488 g/mol. The van der Waals surface area contributed by atoms with E-state index in [4.69, 9.17) is 23.7 Å². The van der Waals surface area contributed by atoms with Crippen LogP contribution in [0.2, 0.25) is 0 Å². The van der Waals surface area contributed by atoms with Gasteiger partial charge in [-0.25, -0.2) is 23.7 Å². The van der Waals surface area contributed by atoms with E-state index < -0.39 is 17.4 Å². The molecule has 0 saturated carbocycles. The third-order valence-electron chi connectivity index (χ3n) is 5.15. The average Bonchev–Trinajstić information content (AvgIpc) is 3.20. The fourth-order valence-corrected chi connectivity index (χ4v) is 3.38. The summed E-state index contributed by atoms with van der Waals surface area (Å²) in [6.45, 7) is 5.69. The lowest BCUT2D eigenvalue weighted by Crippen LogP contribution is -2.25. The number of hydrogen-bond acceptors (Lipinski definition) is 9. The number of pyridine rings is 1. The number of nitrogens with one attached hydrogen (secondary N) is 1. The lowest BCUT2D eigenvalue weighted by molar-refractivity contribution is -0.141. The maximum absolute atomic E-state index is 14.4. The highest BCUT2D eigenvalue weighted by Crippen LogP contribution is 2.27. The van der Waals surface area contributed by atoms with Gasteiger partial charge in [-0.2, -0.15) is 0 Å². The van der Waals surface area contributed by atoms with E-state index in [0.717, 1.165) is 0 Å². The van der Waals surface area contributed by atoms with E-state index in [0.29, 0.717) is 30.7 Å². The second kappa shape index (κ2) is 10.4. The quantitative estimate of drug-likeness (QED) is 0.472. The summed E-state index contributed by atoms with van der Waals surface area (Å²) in [7, 11) is 1.32. The predicted molar refractivity (Wildman–Crippen MR) is 122 cm³/mol. The minimum Gasteiger partial charge on any atom is -0.494 e. The Hall–Kier alpha value is -3.57. The molecule has 11 heteroatoms. The molecule has 1 fully saturated rings. The van der Waals surface area contributed by atoms with Gasteiger partial charge in [0.1, 0.15) is 25.1 Å². The topological polar surface area (TPSA) is 96.9 Å². The van der Waals surface area contributed by atoms with Crippen LogP contribution in [0.3, 0.4) is 0 Å². The Morgan fingerprint density at radius 2 is 1.86 bits per heavy atom. The third-order valence-corrected chi connectivity index (χ3v) is 5.15. The lowest BCUT2D eigenvalue weighted by atomic mass is 10.1. The monoisotopic (exact) mass is 488 g/mol. The van der Waals surface area contributed by atoms with Crippen LogP contribution in [0.5, 0.6) is 17.4 Å². The zero-order valence-corrected chi connectivity index (χ0v) is 19.8. The van der Waals surface area contributed by atoms with E-state index in [2.05, 4.69) is 20.3 Å². The van der Waals surface area contributed by atoms with Gasteiger partial charge in [-0.05, 0) is 38.5 Å². The summed E-state index contributed by atoms with van der Waals surface area (Å²) in [5.41, 5.74) is 0.671. The zero-order chi connectivity index (χ0) is 25.0. The van der Waals surface area contributed by atoms with Crippen molar-refractivity contribution in [3.05, 3.63) is 59.6 Å². The first-order valence-corrected chi connectivity index (χ1v) is 10.9. The molecule has 1 saturated heterocycles. The highest BCUT2D eigenvalue weighted by molar-refractivity contribution is 5.52. The van der Waals surface area contributed by atoms with Crippen molar-refractivity contribution in [3.8, 4) is 17.4 Å². The molecule has 0 radical (unpaired) electrons. The summed E-state index contributed by atoms with van der Waals surface area (Å²) < 4.78 is 56.0. The molecule has 186 valence electrons. The number of anilines is 2. The van der Waals surface area contributed by atoms with Crippen LogP contribution in [0.25, 0.3) is 0 Å². The van der Waals surface area contributed by atoms with Gasteiger partial charge in [0.05, 0.1) is 43.6 Å². The van der Waals surface area contributed by atoms with Gasteiger partial charge in [-0.15, -0.1) is 0 Å². The molecule has 1 aliphatic heterocycles. The molecule has 1 N–H and O–H groups in total. The number of benzene rings is 1. The maximum Gasteiger partial charge on any atom is 0.227 e. The van der Waals surface area contributed by atoms with Crippen molar-refractivity contribution in [2.45, 2.75) is 39.3 Å². The molecule has 3 aromatic rings. The van der Waals surface area contributed by atoms with E-state index in [1.807, 2.05) is 13.8 Å². The fraction of sp³-hybridized carbons (Fsp3) is 0.375. The van der Waals surface area contributed by atoms with Crippen LogP contribution >= 0.6 is 0 Å². The molecule has 0 bridgehead atoms. The molecule has 1 atom stereocenters. The summed E-state index contributed by atoms with van der Waals surface area (Å²) in [5, 5.41) is 3.00. The molecule has 0 aliphatic carbocycles. The summed E-state index contributed by atoms with van der Waals surface area (Å²) in [5.74, 6) is -1.15. The van der Waals surface area contributed by atoms with E-state index in [9.17, 15) is 8.78 Å². The number of halogens is 2. The summed E-state index contributed by atoms with van der Waals surface area (Å²) in [4.78, 5) is 12.6. The number of aryl methyl sites for hydroxylation is 1. The highest BCUT2D eigenvalue weighted by atomic mass is 19.1. The molecule has 1 aromatic carbocycles. The maximum atomic E-state index is 14.4. The van der Waals surface area contributed by atoms with Crippen molar-refractivity contribution in [2.24, 2.45) is 0 Å². The van der Waals surface area contributed by atoms with E-state index in [-0.39, 0.29) is 35.3 Å². The second-order valence-corrected chi connectivity index (χ2v) is 8.31. The van der Waals surface area contributed by atoms with Crippen molar-refractivity contribution in [2.75, 3.05) is 25.6 Å². The Morgan fingerprint density at radius 3 is 2.49 bits per heavy atom. The van der Waals surface area contributed by atoms with Crippen LogP contribution in [0.1, 0.15) is 25.0 Å². The SMILES string of the molecule is COc1cc(C)c(F)c(COc2cnc(Nc3ccc(OCC4COC(C)(C)O4)nc3)nc2)c1F. The minimum absolute atomic E-state index is 0.0480. The van der Waals surface area contributed by atoms with Gasteiger partial charge in [0.2, 0.25) is 11.8 Å². The first-order chi connectivity index (χ1) is 16.7. The van der Waals surface area contributed by atoms with Crippen LogP contribution in [0, 0.1) is 18.6 Å². The van der Waals surface area contributed by atoms with Crippen molar-refractivity contribution < 1.29 is 32.5 Å². The standard InChI is InChI=1S/C24H26F2N4O5/c1-14-7-19(31-4)22(26)18(21(14)25)13-32-16-9-28-23(29-10-16)30-15-5-6-20(27-8-15)33-11-17-12-34-24(2,3)35-17/h5-10,17H,11-13H2,1-4H3,(H,28,29,30). The fourth-order valence-electron chi connectivity index (χ4n) is 3.38. The summed E-state index contributed by atoms with van der Waals surface area (Å²) in [6.07, 6.45) is 4.22. The molecule has 4 rings (SSSR count). The van der Waals surface area contributed by atoms with Gasteiger partial charge in [0.25, 0.3) is 0 Å². The van der Waals surface area contributed by atoms with E-state index in [1.165, 1.54) is 32.5 Å². The number of methoxy groups -OCH3 is 1. The molecule has 0 amide bonds. The normalized spacial score (nSPS) is 16.7. The number of aromatic nitrogens is 3. The zero-order valence-electron chi connectivity index (χ0n) is 19.8. The van der Waals surface area contributed by atoms with Crippen molar-refractivity contribution in [3.63, 3.8) is 0 Å².